The molecule has 0 fully saturated rings. The van der Waals surface area contributed by atoms with Gasteiger partial charge in [0.15, 0.2) is 5.16 Å². The van der Waals surface area contributed by atoms with Crippen molar-refractivity contribution in [3.63, 3.8) is 0 Å². The van der Waals surface area contributed by atoms with Gasteiger partial charge in [0.05, 0.1) is 22.3 Å². The summed E-state index contributed by atoms with van der Waals surface area (Å²) in [7, 11) is 0. The Hall–Kier alpha value is -3.09. The lowest BCUT2D eigenvalue weighted by molar-refractivity contribution is -0.113. The van der Waals surface area contributed by atoms with Crippen LogP contribution >= 0.6 is 23.4 Å². The van der Waals surface area contributed by atoms with Gasteiger partial charge in [-0.1, -0.05) is 47.6 Å². The molecule has 1 amide bonds. The van der Waals surface area contributed by atoms with Crippen LogP contribution in [0.2, 0.25) is 5.02 Å². The second kappa shape index (κ2) is 9.18. The van der Waals surface area contributed by atoms with Crippen molar-refractivity contribution < 1.29 is 4.79 Å². The van der Waals surface area contributed by atoms with Crippen molar-refractivity contribution in [2.24, 2.45) is 0 Å². The SMILES string of the molecule is Cc1cc(C)cc(-n2c(SCC(=O)Nc3cccc(Cl)c3C)nc3ccccc3c2=O)c1. The van der Waals surface area contributed by atoms with Gasteiger partial charge in [0.1, 0.15) is 0 Å². The van der Waals surface area contributed by atoms with Crippen molar-refractivity contribution in [2.75, 3.05) is 11.1 Å². The number of para-hydroxylation sites is 1. The molecular weight excluding hydrogens is 442 g/mol. The lowest BCUT2D eigenvalue weighted by atomic mass is 10.1. The summed E-state index contributed by atoms with van der Waals surface area (Å²) in [5.74, 6) is -0.101. The standard InChI is InChI=1S/C25H22ClN3O2S/c1-15-11-16(2)13-18(12-15)29-24(31)19-7-4-5-9-22(19)28-25(29)32-14-23(30)27-21-10-6-8-20(26)17(21)3/h4-13H,14H2,1-3H3,(H,27,30). The topological polar surface area (TPSA) is 64.0 Å². The molecule has 0 saturated heterocycles. The first kappa shape index (κ1) is 22.1. The number of nitrogens with zero attached hydrogens (tertiary/aromatic N) is 2. The van der Waals surface area contributed by atoms with Gasteiger partial charge in [0.2, 0.25) is 5.91 Å². The molecule has 0 radical (unpaired) electrons. The largest absolute Gasteiger partial charge is 0.325 e. The minimum atomic E-state index is -0.199. The molecule has 0 bridgehead atoms. The van der Waals surface area contributed by atoms with E-state index in [9.17, 15) is 9.59 Å². The number of benzene rings is 3. The van der Waals surface area contributed by atoms with Gasteiger partial charge in [0, 0.05) is 10.7 Å². The number of fused-ring (bicyclic) bond motifs is 1. The van der Waals surface area contributed by atoms with Gasteiger partial charge < -0.3 is 5.32 Å². The lowest BCUT2D eigenvalue weighted by Gasteiger charge is -2.15. The summed E-state index contributed by atoms with van der Waals surface area (Å²) in [5, 5.41) is 4.49. The molecule has 0 atom stereocenters. The molecule has 0 aliphatic rings. The Kier molecular flexibility index (Phi) is 6.35. The number of anilines is 1. The number of thioether (sulfide) groups is 1. The van der Waals surface area contributed by atoms with Crippen molar-refractivity contribution in [1.82, 2.24) is 9.55 Å². The molecule has 1 aromatic heterocycles. The number of nitrogens with one attached hydrogen (secondary N) is 1. The first-order valence-electron chi connectivity index (χ1n) is 10.1. The summed E-state index contributed by atoms with van der Waals surface area (Å²) >= 11 is 7.38. The molecule has 0 spiro atoms. The third-order valence-electron chi connectivity index (χ3n) is 5.08. The molecule has 0 saturated carbocycles. The molecule has 4 aromatic rings. The zero-order valence-electron chi connectivity index (χ0n) is 18.0. The fraction of sp³-hybridized carbons (Fsp3) is 0.160. The molecule has 1 N–H and O–H groups in total. The van der Waals surface area contributed by atoms with E-state index in [1.165, 1.54) is 11.8 Å². The van der Waals surface area contributed by atoms with Gasteiger partial charge in [-0.25, -0.2) is 4.98 Å². The molecule has 5 nitrogen and oxygen atoms in total. The van der Waals surface area contributed by atoms with Crippen LogP contribution in [0.4, 0.5) is 5.69 Å². The Balaban J connectivity index is 1.70. The van der Waals surface area contributed by atoms with E-state index in [0.29, 0.717) is 26.8 Å². The quantitative estimate of drug-likeness (QED) is 0.305. The van der Waals surface area contributed by atoms with Crippen molar-refractivity contribution in [3.8, 4) is 5.69 Å². The Morgan fingerprint density at radius 2 is 1.75 bits per heavy atom. The average Bonchev–Trinajstić information content (AvgIpc) is 2.75. The number of halogens is 1. The fourth-order valence-corrected chi connectivity index (χ4v) is 4.56. The van der Waals surface area contributed by atoms with Gasteiger partial charge in [-0.2, -0.15) is 0 Å². The smallest absolute Gasteiger partial charge is 0.266 e. The van der Waals surface area contributed by atoms with Gasteiger partial charge >= 0.3 is 0 Å². The van der Waals surface area contributed by atoms with Gasteiger partial charge in [-0.3, -0.25) is 14.2 Å². The zero-order valence-corrected chi connectivity index (χ0v) is 19.6. The highest BCUT2D eigenvalue weighted by molar-refractivity contribution is 7.99. The Labute approximate surface area is 195 Å². The van der Waals surface area contributed by atoms with E-state index in [1.807, 2.05) is 57.2 Å². The Bertz CT molecular complexity index is 1380. The molecule has 0 aliphatic carbocycles. The van der Waals surface area contributed by atoms with Crippen LogP contribution in [0, 0.1) is 20.8 Å². The second-order valence-corrected chi connectivity index (χ2v) is 9.00. The zero-order chi connectivity index (χ0) is 22.8. The summed E-state index contributed by atoms with van der Waals surface area (Å²) in [4.78, 5) is 30.8. The van der Waals surface area contributed by atoms with E-state index >= 15 is 0 Å². The molecule has 0 unspecified atom stereocenters. The number of carbonyl (C=O) groups excluding carboxylic acids is 1. The number of rotatable bonds is 5. The van der Waals surface area contributed by atoms with Crippen molar-refractivity contribution in [2.45, 2.75) is 25.9 Å². The van der Waals surface area contributed by atoms with Crippen molar-refractivity contribution in [1.29, 1.82) is 0 Å². The molecule has 4 rings (SSSR count). The highest BCUT2D eigenvalue weighted by Gasteiger charge is 2.16. The van der Waals surface area contributed by atoms with Crippen LogP contribution in [0.25, 0.3) is 16.6 Å². The Morgan fingerprint density at radius 1 is 1.03 bits per heavy atom. The maximum absolute atomic E-state index is 13.4. The van der Waals surface area contributed by atoms with E-state index in [1.54, 1.807) is 22.8 Å². The van der Waals surface area contributed by atoms with Crippen molar-refractivity contribution >= 4 is 45.9 Å². The highest BCUT2D eigenvalue weighted by Crippen LogP contribution is 2.25. The van der Waals surface area contributed by atoms with E-state index in [0.717, 1.165) is 22.4 Å². The van der Waals surface area contributed by atoms with Gasteiger partial charge in [-0.05, 0) is 73.9 Å². The lowest BCUT2D eigenvalue weighted by Crippen LogP contribution is -2.23. The summed E-state index contributed by atoms with van der Waals surface area (Å²) < 4.78 is 1.59. The summed E-state index contributed by atoms with van der Waals surface area (Å²) in [6.07, 6.45) is 0. The van der Waals surface area contributed by atoms with E-state index in [2.05, 4.69) is 11.4 Å². The predicted octanol–water partition coefficient (Wildman–Crippen LogP) is 5.70. The van der Waals surface area contributed by atoms with E-state index < -0.39 is 0 Å². The first-order valence-corrected chi connectivity index (χ1v) is 11.5. The van der Waals surface area contributed by atoms with E-state index in [-0.39, 0.29) is 17.2 Å². The van der Waals surface area contributed by atoms with Crippen LogP contribution < -0.4 is 10.9 Å². The third kappa shape index (κ3) is 4.56. The molecule has 0 aliphatic heterocycles. The van der Waals surface area contributed by atoms with Crippen LogP contribution in [0.5, 0.6) is 0 Å². The highest BCUT2D eigenvalue weighted by atomic mass is 35.5. The predicted molar refractivity (Wildman–Crippen MR) is 132 cm³/mol. The monoisotopic (exact) mass is 463 g/mol. The molecular formula is C25H22ClN3O2S. The number of hydrogen-bond acceptors (Lipinski definition) is 4. The number of aromatic nitrogens is 2. The summed E-state index contributed by atoms with van der Waals surface area (Å²) in [6.45, 7) is 5.83. The van der Waals surface area contributed by atoms with Crippen LogP contribution in [0.15, 0.2) is 70.6 Å². The fourth-order valence-electron chi connectivity index (χ4n) is 3.58. The molecule has 7 heteroatoms. The van der Waals surface area contributed by atoms with Gasteiger partial charge in [-0.15, -0.1) is 0 Å². The van der Waals surface area contributed by atoms with Gasteiger partial charge in [0.25, 0.3) is 5.56 Å². The molecule has 3 aromatic carbocycles. The maximum Gasteiger partial charge on any atom is 0.266 e. The number of aryl methyl sites for hydroxylation is 2. The summed E-state index contributed by atoms with van der Waals surface area (Å²) in [5.41, 5.74) is 4.75. The third-order valence-corrected chi connectivity index (χ3v) is 6.43. The molecule has 1 heterocycles. The average molecular weight is 464 g/mol. The number of hydrogen-bond donors (Lipinski definition) is 1. The minimum absolute atomic E-state index is 0.0987. The first-order chi connectivity index (χ1) is 15.3. The number of carbonyl (C=O) groups is 1. The maximum atomic E-state index is 13.4. The minimum Gasteiger partial charge on any atom is -0.325 e. The molecule has 162 valence electrons. The summed E-state index contributed by atoms with van der Waals surface area (Å²) in [6, 6.07) is 18.6. The van der Waals surface area contributed by atoms with Crippen LogP contribution in [0.1, 0.15) is 16.7 Å². The number of amides is 1. The second-order valence-electron chi connectivity index (χ2n) is 7.65. The van der Waals surface area contributed by atoms with Crippen LogP contribution in [-0.2, 0) is 4.79 Å². The Morgan fingerprint density at radius 3 is 2.50 bits per heavy atom. The van der Waals surface area contributed by atoms with Crippen molar-refractivity contribution in [3.05, 3.63) is 92.7 Å². The normalized spacial score (nSPS) is 11.0. The van der Waals surface area contributed by atoms with Crippen LogP contribution in [-0.4, -0.2) is 21.2 Å². The van der Waals surface area contributed by atoms with E-state index in [4.69, 9.17) is 16.6 Å². The van der Waals surface area contributed by atoms with Crippen LogP contribution in [0.3, 0.4) is 0 Å². The molecule has 32 heavy (non-hydrogen) atoms.